The fourth-order valence-corrected chi connectivity index (χ4v) is 38.1. The molecule has 16 aliphatic heterocycles. The smallest absolute Gasteiger partial charge is 0.306 e. The van der Waals surface area contributed by atoms with Crippen molar-refractivity contribution in [1.29, 1.82) is 0 Å². The minimum absolute atomic E-state index is 0.00327. The molecule has 24 heteroatoms. The number of esters is 12. The molecular weight excluding hydrogens is 1680 g/mol. The maximum atomic E-state index is 14.9. The molecule has 0 aromatic heterocycles. The molecule has 132 heavy (non-hydrogen) atoms. The van der Waals surface area contributed by atoms with Gasteiger partial charge < -0.3 is 56.8 Å². The number of rotatable bonds is 8. The van der Waals surface area contributed by atoms with E-state index in [4.69, 9.17) is 56.8 Å². The van der Waals surface area contributed by atoms with Gasteiger partial charge in [0.25, 0.3) is 0 Å². The second kappa shape index (κ2) is 36.1. The van der Waals surface area contributed by atoms with Gasteiger partial charge in [-0.15, -0.1) is 0 Å². The van der Waals surface area contributed by atoms with E-state index in [1.165, 1.54) is 55.4 Å². The summed E-state index contributed by atoms with van der Waals surface area (Å²) in [7, 11) is 0. The summed E-state index contributed by atoms with van der Waals surface area (Å²) in [6.45, 7) is 38.9. The Hall–Kier alpha value is -6.36. The van der Waals surface area contributed by atoms with Crippen LogP contribution in [0.4, 0.5) is 0 Å². The number of hydrogen-bond donors (Lipinski definition) is 0. The van der Waals surface area contributed by atoms with Crippen LogP contribution in [0.3, 0.4) is 0 Å². The molecule has 0 radical (unpaired) electrons. The third-order valence-corrected chi connectivity index (χ3v) is 43.4. The van der Waals surface area contributed by atoms with Crippen LogP contribution in [-0.2, 0) is 114 Å². The first-order valence-electron chi connectivity index (χ1n) is 52.3. The third kappa shape index (κ3) is 16.7. The van der Waals surface area contributed by atoms with Crippen LogP contribution in [0.15, 0.2) is 0 Å². The lowest BCUT2D eigenvalue weighted by Gasteiger charge is -2.64. The molecule has 0 aromatic rings. The van der Waals surface area contributed by atoms with Crippen LogP contribution >= 0.6 is 0 Å². The maximum Gasteiger partial charge on any atom is 0.306 e. The standard InChI is InChI=1S/C108H160O24/c1-53-37-93(117)129-69-29-33-102(14)65(41-69)46-86(122-58(6)110)98-78-26-22-74(106(78,18)90(50-82(98)102)126-62(10)114)55(3)39-95(119)131-71-31-35-104(16)67(43-71)48-88(124-60(8)112)100-80-28-24-76(108(80,20)92(52-84(100)104)128-64(12)116)56(4)40-96(120)132-72-32-36-103(15)68(44-72)47-87(123-59(7)111)99-79-27-23-75(107(79,19)91(51-83(99)103)127-63(11)115)54(2)38-94(118)130-70-30-34-101(13)66(42-70)45-85(121-57(5)109)97-77-25-21-73(53)105(77,17)89(49-81(97)101)125-61(9)113/h53-56,65-92,97-100H,21-52H2,1-20H3/t53-,54-,55-,56-,65+,66+,67+,68+,69-,70-,71-,72-,73-,74-,75-,76-,77+,78+,79+,80+,81+,82+,83+,84+,85-,86-,87-,88-,89+,90+,91+,92+,97+,98+,99+,100+,101+,102+,103+,104+,105-,106-,107-,108-/m1/s1. The highest BCUT2D eigenvalue weighted by Crippen LogP contribution is 2.76. The van der Waals surface area contributed by atoms with Crippen molar-refractivity contribution in [2.45, 2.75) is 417 Å². The lowest BCUT2D eigenvalue weighted by Crippen LogP contribution is -2.63. The highest BCUT2D eigenvalue weighted by Gasteiger charge is 2.74. The van der Waals surface area contributed by atoms with Gasteiger partial charge in [-0.3, -0.25) is 57.5 Å². The van der Waals surface area contributed by atoms with Crippen molar-refractivity contribution in [3.63, 3.8) is 0 Å². The van der Waals surface area contributed by atoms with Crippen molar-refractivity contribution in [1.82, 2.24) is 0 Å². The van der Waals surface area contributed by atoms with Crippen molar-refractivity contribution in [2.24, 2.45) is 185 Å². The minimum atomic E-state index is -0.589. The van der Waals surface area contributed by atoms with Crippen LogP contribution in [0.2, 0.25) is 0 Å². The summed E-state index contributed by atoms with van der Waals surface area (Å²) in [5, 5.41) is 0. The summed E-state index contributed by atoms with van der Waals surface area (Å²) < 4.78 is 79.6. The predicted molar refractivity (Wildman–Crippen MR) is 483 cm³/mol. The van der Waals surface area contributed by atoms with Gasteiger partial charge in [-0.2, -0.15) is 0 Å². The van der Waals surface area contributed by atoms with Crippen LogP contribution in [0, 0.1) is 185 Å². The molecule has 0 N–H and O–H groups in total. The van der Waals surface area contributed by atoms with Gasteiger partial charge in [0.15, 0.2) is 0 Å². The van der Waals surface area contributed by atoms with Gasteiger partial charge >= 0.3 is 71.6 Å². The molecule has 32 fully saturated rings. The lowest BCUT2D eigenvalue weighted by atomic mass is 9.43. The molecule has 0 spiro atoms. The highest BCUT2D eigenvalue weighted by atomic mass is 16.6. The third-order valence-electron chi connectivity index (χ3n) is 43.4. The molecule has 736 valence electrons. The van der Waals surface area contributed by atoms with E-state index in [1.807, 2.05) is 0 Å². The Morgan fingerprint density at radius 2 is 0.409 bits per heavy atom. The van der Waals surface area contributed by atoms with Crippen LogP contribution in [0.1, 0.15) is 344 Å². The van der Waals surface area contributed by atoms with E-state index in [1.54, 1.807) is 0 Å². The van der Waals surface area contributed by atoms with Crippen molar-refractivity contribution in [3.05, 3.63) is 0 Å². The van der Waals surface area contributed by atoms with Crippen molar-refractivity contribution < 1.29 is 114 Å². The van der Waals surface area contributed by atoms with Crippen LogP contribution < -0.4 is 0 Å². The second-order valence-electron chi connectivity index (χ2n) is 49.3. The average Bonchev–Trinajstić information content (AvgIpc) is 1.43. The predicted octanol–water partition coefficient (Wildman–Crippen LogP) is 18.7. The number of ether oxygens (including phenoxy) is 12. The Balaban J connectivity index is 0.653. The van der Waals surface area contributed by atoms with Crippen molar-refractivity contribution >= 4 is 71.6 Å². The zero-order valence-electron chi connectivity index (χ0n) is 83.2. The number of carbonyl (C=O) groups is 12. The van der Waals surface area contributed by atoms with Gasteiger partial charge in [0.1, 0.15) is 73.2 Å². The zero-order chi connectivity index (χ0) is 94.8. The molecule has 32 rings (SSSR count). The zero-order valence-corrected chi connectivity index (χ0v) is 83.2. The quantitative estimate of drug-likeness (QED) is 0.161. The maximum absolute atomic E-state index is 14.9. The number of carbonyl (C=O) groups excluding carboxylic acids is 12. The largest absolute Gasteiger partial charge is 0.462 e. The molecule has 16 heterocycles. The molecular formula is C108H160O24. The van der Waals surface area contributed by atoms with Crippen LogP contribution in [0.5, 0.6) is 0 Å². The van der Waals surface area contributed by atoms with Crippen LogP contribution in [-0.4, -0.2) is 145 Å². The summed E-state index contributed by atoms with van der Waals surface area (Å²) in [5.41, 5.74) is -3.51. The molecule has 24 nitrogen and oxygen atoms in total. The van der Waals surface area contributed by atoms with Gasteiger partial charge in [0, 0.05) is 126 Å². The monoisotopic (exact) mass is 1840 g/mol. The summed E-state index contributed by atoms with van der Waals surface area (Å²) in [5.74, 6) is -5.27. The first-order valence-corrected chi connectivity index (χ1v) is 52.3. The second-order valence-corrected chi connectivity index (χ2v) is 49.3. The number of hydrogen-bond acceptors (Lipinski definition) is 24. The summed E-state index contributed by atoms with van der Waals surface area (Å²) in [4.78, 5) is 168. The fourth-order valence-electron chi connectivity index (χ4n) is 38.1. The lowest BCUT2D eigenvalue weighted by molar-refractivity contribution is -0.227. The fraction of sp³-hybridized carbons (Fsp3) is 0.889. The topological polar surface area (TPSA) is 316 Å². The van der Waals surface area contributed by atoms with E-state index in [-0.39, 0.29) is 261 Å². The van der Waals surface area contributed by atoms with Gasteiger partial charge in [0.05, 0.1) is 0 Å². The van der Waals surface area contributed by atoms with Gasteiger partial charge in [-0.25, -0.2) is 0 Å². The Labute approximate surface area is 784 Å². The van der Waals surface area contributed by atoms with Gasteiger partial charge in [-0.05, 0) is 320 Å². The Morgan fingerprint density at radius 1 is 0.235 bits per heavy atom. The van der Waals surface area contributed by atoms with E-state index in [0.717, 1.165) is 77.0 Å². The van der Waals surface area contributed by atoms with Gasteiger partial charge in [0.2, 0.25) is 0 Å². The van der Waals surface area contributed by atoms with E-state index in [2.05, 4.69) is 83.1 Å². The summed E-state index contributed by atoms with van der Waals surface area (Å²) in [6.07, 6.45) is 14.0. The van der Waals surface area contributed by atoms with E-state index >= 15 is 0 Å². The molecule has 32 bridgehead atoms. The Bertz CT molecular complexity index is 3900. The summed E-state index contributed by atoms with van der Waals surface area (Å²) >= 11 is 0. The van der Waals surface area contributed by atoms with E-state index in [9.17, 15) is 57.5 Å². The Morgan fingerprint density at radius 3 is 0.583 bits per heavy atom. The summed E-state index contributed by atoms with van der Waals surface area (Å²) in [6, 6.07) is 0. The first-order chi connectivity index (χ1) is 62.1. The highest BCUT2D eigenvalue weighted by molar-refractivity contribution is 5.73. The normalized spacial score (nSPS) is 50.7. The molecule has 0 aromatic carbocycles. The minimum Gasteiger partial charge on any atom is -0.462 e. The molecule has 0 unspecified atom stereocenters. The molecule has 44 atom stereocenters. The molecule has 16 saturated heterocycles. The molecule has 32 aliphatic rings. The van der Waals surface area contributed by atoms with Crippen LogP contribution in [0.25, 0.3) is 0 Å². The van der Waals surface area contributed by atoms with Gasteiger partial charge in [-0.1, -0.05) is 83.1 Å². The van der Waals surface area contributed by atoms with E-state index < -0.39 is 94.9 Å². The van der Waals surface area contributed by atoms with Crippen molar-refractivity contribution in [3.8, 4) is 0 Å². The molecule has 16 saturated carbocycles. The Kier molecular flexibility index (Phi) is 26.6. The molecule has 0 amide bonds. The SMILES string of the molecule is CC(=O)O[C@H]1C[C@H]2[C@H]3[C@H](OC(C)=O)C[C@@H]4C[C@@H](CC[C@@]42C)OC(=O)C[C@@H](C)[C@H]2CC[C@H]4[C@@H]5[C@H](OC(C)=O)C[C@@H]6C[C@@H](CC[C@]6(C)[C@H]5C[C@H](OC(C)=O)[C@]24C)OC(=O)C[C@@H](C)[C@H]2CC[C@H]4[C@@H]5[C@H](OC(C)=O)C[C@@H]6C[C@@H](CC[C@]6(C)[C@H]5C[C@H](OC(C)=O)[C@]24C)OC(=O)C[C@@H](C)[C@H]2CC[C@H]4[C@@H]5[C@H](OC(C)=O)C[C@@H]6C[C@@H](CC[C@]6(C)[C@H]5C[C@H](OC(C)=O)[C@]24C)OC(=O)C[C@@H](C)[C@H]2CC[C@@H]3[C@]12C. The molecule has 16 aliphatic carbocycles. The van der Waals surface area contributed by atoms with Crippen molar-refractivity contribution in [2.75, 3.05) is 0 Å². The van der Waals surface area contributed by atoms with E-state index in [0.29, 0.717) is 103 Å². The average molecular weight is 1840 g/mol. The first kappa shape index (κ1) is 97.3.